The monoisotopic (exact) mass is 809 g/mol. The summed E-state index contributed by atoms with van der Waals surface area (Å²) < 4.78 is 35.1. The van der Waals surface area contributed by atoms with E-state index < -0.39 is 13.1 Å². The van der Waals surface area contributed by atoms with Crippen LogP contribution >= 0.6 is 18.2 Å². The van der Waals surface area contributed by atoms with Gasteiger partial charge in [0.25, 0.3) is 0 Å². The molecule has 0 amide bonds. The van der Waals surface area contributed by atoms with Crippen LogP contribution in [0.25, 0.3) is 0 Å². The fourth-order valence-corrected chi connectivity index (χ4v) is 7.63. The Morgan fingerprint density at radius 1 is 0.500 bits per heavy atom. The first kappa shape index (κ1) is 53.3. The molecule has 10 heteroatoms. The molecule has 1 unspecified atom stereocenters. The van der Waals surface area contributed by atoms with Crippen molar-refractivity contribution in [1.82, 2.24) is 0 Å². The standard InChI is InChI=1S/C44H88ClNO7P/c1-6-8-10-12-14-16-18-20-22-24-26-28-30-32-34-36-43(47)50-40-42(41-52-54(45,49)51-39-38-46(3,4)5)53-44(48)37-35-33-31-29-27-25-23-21-19-17-15-13-11-9-7-2/h42H,6-41H2,1-5H3/q+1/t42-,54?/m0/s1. The summed E-state index contributed by atoms with van der Waals surface area (Å²) in [5, 5.41) is 0. The first-order chi connectivity index (χ1) is 26.0. The minimum atomic E-state index is -3.89. The van der Waals surface area contributed by atoms with Crippen molar-refractivity contribution in [2.24, 2.45) is 0 Å². The molecule has 2 atom stereocenters. The largest absolute Gasteiger partial charge is 0.462 e. The van der Waals surface area contributed by atoms with Gasteiger partial charge in [-0.05, 0) is 12.8 Å². The van der Waals surface area contributed by atoms with E-state index in [1.807, 2.05) is 21.1 Å². The van der Waals surface area contributed by atoms with Gasteiger partial charge >= 0.3 is 18.9 Å². The summed E-state index contributed by atoms with van der Waals surface area (Å²) >= 11 is 6.05. The van der Waals surface area contributed by atoms with Crippen molar-refractivity contribution in [3.63, 3.8) is 0 Å². The van der Waals surface area contributed by atoms with E-state index in [1.165, 1.54) is 154 Å². The molecule has 54 heavy (non-hydrogen) atoms. The first-order valence-electron chi connectivity index (χ1n) is 22.7. The highest BCUT2D eigenvalue weighted by molar-refractivity contribution is 7.81. The van der Waals surface area contributed by atoms with E-state index in [4.69, 9.17) is 29.8 Å². The van der Waals surface area contributed by atoms with Crippen LogP contribution in [0.15, 0.2) is 0 Å². The molecule has 0 aliphatic carbocycles. The topological polar surface area (TPSA) is 88.1 Å². The Morgan fingerprint density at radius 2 is 0.833 bits per heavy atom. The zero-order chi connectivity index (χ0) is 40.0. The Kier molecular flexibility index (Phi) is 37.4. The molecule has 322 valence electrons. The fourth-order valence-electron chi connectivity index (χ4n) is 6.53. The van der Waals surface area contributed by atoms with Crippen LogP contribution in [-0.2, 0) is 32.7 Å². The maximum Gasteiger partial charge on any atom is 0.424 e. The molecular formula is C44H88ClNO7P+. The van der Waals surface area contributed by atoms with E-state index in [-0.39, 0.29) is 38.2 Å². The highest BCUT2D eigenvalue weighted by atomic mass is 35.7. The van der Waals surface area contributed by atoms with E-state index in [2.05, 4.69) is 13.8 Å². The molecule has 0 aliphatic heterocycles. The van der Waals surface area contributed by atoms with Gasteiger partial charge in [-0.3, -0.25) is 18.6 Å². The van der Waals surface area contributed by atoms with Gasteiger partial charge in [-0.2, -0.15) is 0 Å². The molecule has 8 nitrogen and oxygen atoms in total. The summed E-state index contributed by atoms with van der Waals surface area (Å²) in [6, 6.07) is 0. The molecule has 0 heterocycles. The van der Waals surface area contributed by atoms with Crippen LogP contribution < -0.4 is 0 Å². The number of nitrogens with zero attached hydrogens (tertiary/aromatic N) is 1. The van der Waals surface area contributed by atoms with Crippen LogP contribution in [0.5, 0.6) is 0 Å². The number of hydrogen-bond acceptors (Lipinski definition) is 7. The summed E-state index contributed by atoms with van der Waals surface area (Å²) in [5.41, 5.74) is 0. The summed E-state index contributed by atoms with van der Waals surface area (Å²) in [6.45, 7) is 0.940. The zero-order valence-corrected chi connectivity index (χ0v) is 37.8. The van der Waals surface area contributed by atoms with Crippen molar-refractivity contribution in [3.8, 4) is 0 Å². The normalized spacial score (nSPS) is 13.5. The third kappa shape index (κ3) is 41.0. The van der Waals surface area contributed by atoms with Gasteiger partial charge in [0.05, 0.1) is 27.7 Å². The van der Waals surface area contributed by atoms with Crippen molar-refractivity contribution < 1.29 is 37.2 Å². The predicted molar refractivity (Wildman–Crippen MR) is 228 cm³/mol. The van der Waals surface area contributed by atoms with E-state index in [0.29, 0.717) is 17.4 Å². The molecule has 0 aromatic rings. The second kappa shape index (κ2) is 37.9. The lowest BCUT2D eigenvalue weighted by Gasteiger charge is -2.24. The van der Waals surface area contributed by atoms with Gasteiger partial charge in [-0.15, -0.1) is 0 Å². The number of halogens is 1. The van der Waals surface area contributed by atoms with Gasteiger partial charge in [0.1, 0.15) is 19.8 Å². The molecule has 0 fully saturated rings. The molecule has 0 rings (SSSR count). The first-order valence-corrected chi connectivity index (χ1v) is 25.2. The number of quaternary nitrogens is 1. The second-order valence-electron chi connectivity index (χ2n) is 16.8. The zero-order valence-electron chi connectivity index (χ0n) is 36.2. The van der Waals surface area contributed by atoms with Crippen molar-refractivity contribution >= 4 is 30.1 Å². The lowest BCUT2D eigenvalue weighted by molar-refractivity contribution is -0.870. The van der Waals surface area contributed by atoms with Gasteiger partial charge in [0, 0.05) is 24.1 Å². The van der Waals surface area contributed by atoms with Crippen molar-refractivity contribution in [1.29, 1.82) is 0 Å². The molecule has 0 radical (unpaired) electrons. The van der Waals surface area contributed by atoms with Gasteiger partial charge in [-0.1, -0.05) is 194 Å². The minimum absolute atomic E-state index is 0.155. The van der Waals surface area contributed by atoms with Crippen molar-refractivity contribution in [2.75, 3.05) is 47.5 Å². The molecule has 0 spiro atoms. The van der Waals surface area contributed by atoms with E-state index in [0.717, 1.165) is 38.5 Å². The second-order valence-corrected chi connectivity index (χ2v) is 19.4. The lowest BCUT2D eigenvalue weighted by Crippen LogP contribution is -2.37. The third-order valence-corrected chi connectivity index (χ3v) is 11.7. The Balaban J connectivity index is 4.30. The molecule has 0 N–H and O–H groups in total. The van der Waals surface area contributed by atoms with Crippen LogP contribution in [0.1, 0.15) is 219 Å². The summed E-state index contributed by atoms with van der Waals surface area (Å²) in [5.74, 6) is -0.714. The Bertz CT molecular complexity index is 901. The van der Waals surface area contributed by atoms with E-state index in [9.17, 15) is 14.2 Å². The number of likely N-dealkylation sites (N-methyl/N-ethyl adjacent to an activating group) is 1. The number of carbonyl (C=O) groups is 2. The SMILES string of the molecule is CCCCCCCCCCCCCCCCCC(=O)OC[C@@H](COP(=O)(Cl)OCC[N+](C)(C)C)OC(=O)CCCCCCCCCCCCCCCCC. The Hall–Kier alpha value is -0.660. The van der Waals surface area contributed by atoms with E-state index >= 15 is 0 Å². The fraction of sp³-hybridized carbons (Fsp3) is 0.955. The molecule has 0 saturated carbocycles. The van der Waals surface area contributed by atoms with Crippen LogP contribution in [0.3, 0.4) is 0 Å². The average molecular weight is 810 g/mol. The number of carbonyl (C=O) groups excluding carboxylic acids is 2. The van der Waals surface area contributed by atoms with Crippen LogP contribution in [0.2, 0.25) is 0 Å². The van der Waals surface area contributed by atoms with Gasteiger partial charge in [0.15, 0.2) is 6.10 Å². The molecular weight excluding hydrogens is 721 g/mol. The van der Waals surface area contributed by atoms with Crippen LogP contribution in [-0.4, -0.2) is 70.0 Å². The highest BCUT2D eigenvalue weighted by Crippen LogP contribution is 2.53. The Labute approximate surface area is 339 Å². The molecule has 0 aromatic carbocycles. The molecule has 0 saturated heterocycles. The Morgan fingerprint density at radius 3 is 1.19 bits per heavy atom. The number of hydrogen-bond donors (Lipinski definition) is 0. The minimum Gasteiger partial charge on any atom is -0.462 e. The van der Waals surface area contributed by atoms with Crippen LogP contribution in [0, 0.1) is 0 Å². The van der Waals surface area contributed by atoms with Crippen molar-refractivity contribution in [3.05, 3.63) is 0 Å². The summed E-state index contributed by atoms with van der Waals surface area (Å²) in [6.07, 6.45) is 37.5. The number of unbranched alkanes of at least 4 members (excludes halogenated alkanes) is 28. The van der Waals surface area contributed by atoms with Gasteiger partial charge in [0.2, 0.25) is 0 Å². The number of rotatable bonds is 42. The number of esters is 2. The quantitative estimate of drug-likeness (QED) is 0.0263. The van der Waals surface area contributed by atoms with Gasteiger partial charge in [-0.25, -0.2) is 4.57 Å². The molecule has 0 aromatic heterocycles. The predicted octanol–water partition coefficient (Wildman–Crippen LogP) is 14.1. The lowest BCUT2D eigenvalue weighted by atomic mass is 10.0. The van der Waals surface area contributed by atoms with Gasteiger partial charge < -0.3 is 14.0 Å². The summed E-state index contributed by atoms with van der Waals surface area (Å²) in [4.78, 5) is 25.2. The maximum absolute atomic E-state index is 12.7. The van der Waals surface area contributed by atoms with E-state index in [1.54, 1.807) is 0 Å². The maximum atomic E-state index is 12.7. The van der Waals surface area contributed by atoms with Crippen LogP contribution in [0.4, 0.5) is 0 Å². The van der Waals surface area contributed by atoms with Crippen molar-refractivity contribution in [2.45, 2.75) is 225 Å². The molecule has 0 aliphatic rings. The average Bonchev–Trinajstić information content (AvgIpc) is 3.12. The number of ether oxygens (including phenoxy) is 2. The highest BCUT2D eigenvalue weighted by Gasteiger charge is 2.27. The summed E-state index contributed by atoms with van der Waals surface area (Å²) in [7, 11) is 5.97. The third-order valence-electron chi connectivity index (χ3n) is 10.1. The smallest absolute Gasteiger partial charge is 0.424 e. The molecule has 0 bridgehead atoms.